The summed E-state index contributed by atoms with van der Waals surface area (Å²) in [5.41, 5.74) is 12.2. The van der Waals surface area contributed by atoms with Gasteiger partial charge in [0.05, 0.1) is 0 Å². The predicted molar refractivity (Wildman–Crippen MR) is 206 cm³/mol. The van der Waals surface area contributed by atoms with Gasteiger partial charge in [0, 0.05) is 0 Å². The van der Waals surface area contributed by atoms with Gasteiger partial charge >= 0.3 is 0 Å². The Hall–Kier alpha value is -6.24. The summed E-state index contributed by atoms with van der Waals surface area (Å²) in [5.74, 6) is 0. The van der Waals surface area contributed by atoms with Crippen LogP contribution < -0.4 is 0 Å². The van der Waals surface area contributed by atoms with Crippen LogP contribution in [0.5, 0.6) is 0 Å². The minimum atomic E-state index is 1.21. The third kappa shape index (κ3) is 5.14. The van der Waals surface area contributed by atoms with E-state index in [0.717, 1.165) is 0 Å². The summed E-state index contributed by atoms with van der Waals surface area (Å²) in [6.45, 7) is 0. The molecule has 0 atom stereocenters. The molecule has 0 aliphatic rings. The molecule has 0 heterocycles. The zero-order valence-electron chi connectivity index (χ0n) is 26.5. The van der Waals surface area contributed by atoms with Gasteiger partial charge in [0.1, 0.15) is 0 Å². The molecule has 48 heavy (non-hydrogen) atoms. The zero-order chi connectivity index (χ0) is 31.9. The second-order valence-corrected chi connectivity index (χ2v) is 12.6. The summed E-state index contributed by atoms with van der Waals surface area (Å²) in [5, 5.41) is 7.52. The third-order valence-corrected chi connectivity index (χ3v) is 9.60. The lowest BCUT2D eigenvalue weighted by Gasteiger charge is -2.17. The van der Waals surface area contributed by atoms with Crippen molar-refractivity contribution >= 4 is 32.3 Å². The molecule has 0 amide bonds. The van der Waals surface area contributed by atoms with Gasteiger partial charge in [0.25, 0.3) is 0 Å². The van der Waals surface area contributed by atoms with Crippen LogP contribution in [0.3, 0.4) is 0 Å². The quantitative estimate of drug-likeness (QED) is 0.182. The van der Waals surface area contributed by atoms with Crippen LogP contribution >= 0.6 is 0 Å². The van der Waals surface area contributed by atoms with E-state index in [1.165, 1.54) is 88.0 Å². The average Bonchev–Trinajstić information content (AvgIpc) is 3.17. The number of benzene rings is 9. The van der Waals surface area contributed by atoms with E-state index in [9.17, 15) is 0 Å². The first-order valence-electron chi connectivity index (χ1n) is 16.6. The van der Waals surface area contributed by atoms with Crippen LogP contribution in [0, 0.1) is 0 Å². The Labute approximate surface area is 281 Å². The van der Waals surface area contributed by atoms with Crippen LogP contribution in [0.4, 0.5) is 0 Å². The summed E-state index contributed by atoms with van der Waals surface area (Å²) in [6, 6.07) is 70.9. The van der Waals surface area contributed by atoms with E-state index in [-0.39, 0.29) is 0 Å². The fourth-order valence-corrected chi connectivity index (χ4v) is 7.12. The first-order chi connectivity index (χ1) is 23.8. The SMILES string of the molecule is c1ccc(-c2cc(-c3ccc4ccccc4c3)cc3c(-c4ccccc4)cc(-c4cccc(-c5ccc6ccccc6c5)c4)cc23)cc1. The predicted octanol–water partition coefficient (Wildman–Crippen LogP) is 13.5. The fourth-order valence-electron chi connectivity index (χ4n) is 7.12. The summed E-state index contributed by atoms with van der Waals surface area (Å²) in [7, 11) is 0. The first-order valence-corrected chi connectivity index (χ1v) is 16.6. The number of fused-ring (bicyclic) bond motifs is 3. The van der Waals surface area contributed by atoms with E-state index in [1.54, 1.807) is 0 Å². The molecule has 0 nitrogen and oxygen atoms in total. The minimum Gasteiger partial charge on any atom is -0.0622 e. The van der Waals surface area contributed by atoms with Crippen molar-refractivity contribution in [3.05, 3.63) is 194 Å². The fraction of sp³-hybridized carbons (Fsp3) is 0. The Morgan fingerprint density at radius 2 is 0.562 bits per heavy atom. The monoisotopic (exact) mass is 608 g/mol. The molecule has 0 aliphatic heterocycles. The molecule has 224 valence electrons. The van der Waals surface area contributed by atoms with Crippen LogP contribution in [0.2, 0.25) is 0 Å². The van der Waals surface area contributed by atoms with Gasteiger partial charge in [0.15, 0.2) is 0 Å². The van der Waals surface area contributed by atoms with Crippen molar-refractivity contribution in [2.24, 2.45) is 0 Å². The van der Waals surface area contributed by atoms with E-state index >= 15 is 0 Å². The summed E-state index contributed by atoms with van der Waals surface area (Å²) in [4.78, 5) is 0. The Morgan fingerprint density at radius 3 is 1.06 bits per heavy atom. The molecule has 0 spiro atoms. The van der Waals surface area contributed by atoms with Crippen molar-refractivity contribution in [3.63, 3.8) is 0 Å². The van der Waals surface area contributed by atoms with E-state index in [2.05, 4.69) is 194 Å². The molecule has 0 fully saturated rings. The van der Waals surface area contributed by atoms with Gasteiger partial charge in [-0.3, -0.25) is 0 Å². The smallest absolute Gasteiger partial charge is 0.00926 e. The Morgan fingerprint density at radius 1 is 0.188 bits per heavy atom. The number of rotatable bonds is 5. The standard InChI is InChI=1S/C48H32/c1-3-14-35(15-4-1)45-29-43(40-21-11-20-39(28-40)41-24-22-33-12-7-9-18-37(33)26-41)31-47-46(36-16-5-2-6-17-36)30-44(32-48(45)47)42-25-23-34-13-8-10-19-38(34)27-42/h1-32H. The third-order valence-electron chi connectivity index (χ3n) is 9.60. The highest BCUT2D eigenvalue weighted by molar-refractivity contribution is 6.09. The molecular formula is C48H32. The molecule has 0 unspecified atom stereocenters. The second-order valence-electron chi connectivity index (χ2n) is 12.6. The van der Waals surface area contributed by atoms with E-state index in [1.807, 2.05) is 0 Å². The average molecular weight is 609 g/mol. The highest BCUT2D eigenvalue weighted by Crippen LogP contribution is 2.42. The van der Waals surface area contributed by atoms with E-state index in [4.69, 9.17) is 0 Å². The van der Waals surface area contributed by atoms with Gasteiger partial charge in [-0.05, 0) is 130 Å². The van der Waals surface area contributed by atoms with Crippen molar-refractivity contribution in [3.8, 4) is 55.6 Å². The van der Waals surface area contributed by atoms with Gasteiger partial charge in [-0.2, -0.15) is 0 Å². The van der Waals surface area contributed by atoms with Crippen LogP contribution in [0.1, 0.15) is 0 Å². The Kier molecular flexibility index (Phi) is 6.91. The number of hydrogen-bond donors (Lipinski definition) is 0. The van der Waals surface area contributed by atoms with Gasteiger partial charge < -0.3 is 0 Å². The molecule has 9 rings (SSSR count). The van der Waals surface area contributed by atoms with Crippen LogP contribution in [-0.4, -0.2) is 0 Å². The molecule has 0 radical (unpaired) electrons. The van der Waals surface area contributed by atoms with Gasteiger partial charge in [-0.25, -0.2) is 0 Å². The lowest BCUT2D eigenvalue weighted by Crippen LogP contribution is -1.91. The lowest BCUT2D eigenvalue weighted by atomic mass is 9.86. The van der Waals surface area contributed by atoms with Crippen LogP contribution in [0.15, 0.2) is 194 Å². The molecule has 9 aromatic carbocycles. The first kappa shape index (κ1) is 28.0. The van der Waals surface area contributed by atoms with Crippen molar-refractivity contribution in [1.29, 1.82) is 0 Å². The van der Waals surface area contributed by atoms with Gasteiger partial charge in [-0.1, -0.05) is 152 Å². The minimum absolute atomic E-state index is 1.21. The molecule has 0 aliphatic carbocycles. The lowest BCUT2D eigenvalue weighted by molar-refractivity contribution is 1.59. The van der Waals surface area contributed by atoms with Crippen molar-refractivity contribution in [2.45, 2.75) is 0 Å². The van der Waals surface area contributed by atoms with Crippen molar-refractivity contribution < 1.29 is 0 Å². The molecular weight excluding hydrogens is 577 g/mol. The molecule has 0 aromatic heterocycles. The van der Waals surface area contributed by atoms with E-state index < -0.39 is 0 Å². The maximum Gasteiger partial charge on any atom is -0.00926 e. The highest BCUT2D eigenvalue weighted by Gasteiger charge is 2.15. The summed E-state index contributed by atoms with van der Waals surface area (Å²) < 4.78 is 0. The molecule has 9 aromatic rings. The summed E-state index contributed by atoms with van der Waals surface area (Å²) in [6.07, 6.45) is 0. The van der Waals surface area contributed by atoms with E-state index in [0.29, 0.717) is 0 Å². The second kappa shape index (κ2) is 11.8. The van der Waals surface area contributed by atoms with Crippen molar-refractivity contribution in [2.75, 3.05) is 0 Å². The topological polar surface area (TPSA) is 0 Å². The largest absolute Gasteiger partial charge is 0.0622 e. The summed E-state index contributed by atoms with van der Waals surface area (Å²) >= 11 is 0. The van der Waals surface area contributed by atoms with Gasteiger partial charge in [-0.15, -0.1) is 0 Å². The van der Waals surface area contributed by atoms with Gasteiger partial charge in [0.2, 0.25) is 0 Å². The molecule has 0 heteroatoms. The number of hydrogen-bond acceptors (Lipinski definition) is 0. The Balaban J connectivity index is 1.29. The van der Waals surface area contributed by atoms with Crippen LogP contribution in [-0.2, 0) is 0 Å². The maximum atomic E-state index is 2.40. The molecule has 0 N–H and O–H groups in total. The maximum absolute atomic E-state index is 2.40. The molecule has 0 saturated heterocycles. The van der Waals surface area contributed by atoms with Crippen molar-refractivity contribution in [1.82, 2.24) is 0 Å². The Bertz CT molecular complexity index is 2590. The molecule has 0 saturated carbocycles. The normalized spacial score (nSPS) is 11.3. The highest BCUT2D eigenvalue weighted by atomic mass is 14.2. The molecule has 0 bridgehead atoms. The zero-order valence-corrected chi connectivity index (χ0v) is 26.5. The van der Waals surface area contributed by atoms with Crippen LogP contribution in [0.25, 0.3) is 88.0 Å².